The summed E-state index contributed by atoms with van der Waals surface area (Å²) >= 11 is 0. The number of rotatable bonds is 1. The van der Waals surface area contributed by atoms with E-state index in [2.05, 4.69) is 15.5 Å². The summed E-state index contributed by atoms with van der Waals surface area (Å²) in [7, 11) is 0. The number of amides is 1. The van der Waals surface area contributed by atoms with Crippen molar-refractivity contribution in [3.63, 3.8) is 0 Å². The lowest BCUT2D eigenvalue weighted by molar-refractivity contribution is -0.119. The number of hydrogen-bond donors (Lipinski definition) is 1. The molecule has 1 amide bonds. The van der Waals surface area contributed by atoms with Gasteiger partial charge < -0.3 is 9.73 Å². The number of aromatic nitrogens is 2. The molecule has 1 saturated heterocycles. The quantitative estimate of drug-likeness (QED) is 0.638. The highest BCUT2D eigenvalue weighted by Crippen LogP contribution is 2.20. The fraction of sp³-hybridized carbons (Fsp3) is 0.571. The van der Waals surface area contributed by atoms with Crippen molar-refractivity contribution in [2.45, 2.75) is 19.3 Å². The Bertz CT molecular complexity index is 307. The molecule has 1 aromatic rings. The van der Waals surface area contributed by atoms with Gasteiger partial charge in [0.05, 0.1) is 5.92 Å². The maximum Gasteiger partial charge on any atom is 0.221 e. The van der Waals surface area contributed by atoms with Gasteiger partial charge in [-0.3, -0.25) is 4.79 Å². The van der Waals surface area contributed by atoms with E-state index in [1.54, 1.807) is 6.92 Å². The van der Waals surface area contributed by atoms with Crippen molar-refractivity contribution in [2.24, 2.45) is 0 Å². The van der Waals surface area contributed by atoms with Crippen molar-refractivity contribution in [1.29, 1.82) is 0 Å². The second-order valence-corrected chi connectivity index (χ2v) is 2.86. The number of nitrogens with zero attached hydrogens (tertiary/aromatic N) is 2. The fourth-order valence-electron chi connectivity index (χ4n) is 1.26. The van der Waals surface area contributed by atoms with Crippen molar-refractivity contribution in [1.82, 2.24) is 15.5 Å². The summed E-state index contributed by atoms with van der Waals surface area (Å²) in [5, 5.41) is 10.3. The third kappa shape index (κ3) is 1.17. The molecule has 1 atom stereocenters. The van der Waals surface area contributed by atoms with Gasteiger partial charge >= 0.3 is 0 Å². The molecule has 12 heavy (non-hydrogen) atoms. The van der Waals surface area contributed by atoms with Crippen molar-refractivity contribution in [2.75, 3.05) is 6.54 Å². The summed E-state index contributed by atoms with van der Waals surface area (Å²) in [5.74, 6) is 1.23. The average molecular weight is 167 g/mol. The Hall–Kier alpha value is -1.39. The number of carbonyl (C=O) groups is 1. The highest BCUT2D eigenvalue weighted by molar-refractivity contribution is 5.79. The zero-order valence-corrected chi connectivity index (χ0v) is 6.70. The van der Waals surface area contributed by atoms with Gasteiger partial charge in [-0.05, 0) is 0 Å². The molecule has 0 aliphatic carbocycles. The fourth-order valence-corrected chi connectivity index (χ4v) is 1.26. The average Bonchev–Trinajstić information content (AvgIpc) is 2.58. The van der Waals surface area contributed by atoms with Crippen LogP contribution < -0.4 is 5.32 Å². The van der Waals surface area contributed by atoms with Crippen LogP contribution in [0.1, 0.15) is 24.1 Å². The molecular weight excluding hydrogens is 158 g/mol. The summed E-state index contributed by atoms with van der Waals surface area (Å²) in [6, 6.07) is 0. The molecule has 2 heterocycles. The lowest BCUT2D eigenvalue weighted by Gasteiger charge is -1.97. The molecule has 1 aromatic heterocycles. The van der Waals surface area contributed by atoms with Crippen LogP contribution in [0.2, 0.25) is 0 Å². The highest BCUT2D eigenvalue weighted by Gasteiger charge is 2.27. The minimum absolute atomic E-state index is 0.0517. The number of hydrogen-bond acceptors (Lipinski definition) is 4. The summed E-state index contributed by atoms with van der Waals surface area (Å²) < 4.78 is 5.20. The number of carbonyl (C=O) groups excluding carboxylic acids is 1. The van der Waals surface area contributed by atoms with Gasteiger partial charge in [-0.15, -0.1) is 10.2 Å². The topological polar surface area (TPSA) is 68.0 Å². The molecule has 64 valence electrons. The van der Waals surface area contributed by atoms with Crippen molar-refractivity contribution in [3.05, 3.63) is 11.8 Å². The van der Waals surface area contributed by atoms with Crippen LogP contribution in [0.5, 0.6) is 0 Å². The van der Waals surface area contributed by atoms with E-state index in [4.69, 9.17) is 4.42 Å². The second kappa shape index (κ2) is 2.58. The largest absolute Gasteiger partial charge is 0.425 e. The molecule has 0 unspecified atom stereocenters. The summed E-state index contributed by atoms with van der Waals surface area (Å²) in [6.07, 6.45) is 0.460. The first-order valence-electron chi connectivity index (χ1n) is 3.82. The Morgan fingerprint density at radius 2 is 2.42 bits per heavy atom. The van der Waals surface area contributed by atoms with Gasteiger partial charge in [-0.25, -0.2) is 0 Å². The van der Waals surface area contributed by atoms with Crippen LogP contribution >= 0.6 is 0 Å². The molecular formula is C7H9N3O2. The van der Waals surface area contributed by atoms with Crippen molar-refractivity contribution in [3.8, 4) is 0 Å². The van der Waals surface area contributed by atoms with E-state index in [-0.39, 0.29) is 11.8 Å². The van der Waals surface area contributed by atoms with Crippen LogP contribution in [0.25, 0.3) is 0 Å². The van der Waals surface area contributed by atoms with Gasteiger partial charge in [0.1, 0.15) is 0 Å². The Morgan fingerprint density at radius 3 is 2.92 bits per heavy atom. The molecule has 5 nitrogen and oxygen atoms in total. The number of nitrogens with one attached hydrogen (secondary N) is 1. The molecule has 0 saturated carbocycles. The zero-order chi connectivity index (χ0) is 8.55. The Kier molecular flexibility index (Phi) is 1.56. The van der Waals surface area contributed by atoms with Gasteiger partial charge in [0, 0.05) is 19.9 Å². The Labute approximate surface area is 69.2 Å². The van der Waals surface area contributed by atoms with Crippen molar-refractivity contribution >= 4 is 5.91 Å². The van der Waals surface area contributed by atoms with E-state index in [0.717, 1.165) is 0 Å². The Morgan fingerprint density at radius 1 is 1.58 bits per heavy atom. The smallest absolute Gasteiger partial charge is 0.221 e. The Balaban J connectivity index is 2.15. The first kappa shape index (κ1) is 7.27. The lowest BCUT2D eigenvalue weighted by atomic mass is 10.1. The maximum atomic E-state index is 10.8. The molecule has 2 rings (SSSR count). The van der Waals surface area contributed by atoms with Crippen LogP contribution in [0.15, 0.2) is 4.42 Å². The number of aryl methyl sites for hydroxylation is 1. The monoisotopic (exact) mass is 167 g/mol. The molecule has 0 spiro atoms. The molecule has 5 heteroatoms. The lowest BCUT2D eigenvalue weighted by Crippen LogP contribution is -2.13. The third-order valence-electron chi connectivity index (χ3n) is 1.87. The van der Waals surface area contributed by atoms with Gasteiger partial charge in [0.25, 0.3) is 0 Å². The molecule has 1 aliphatic heterocycles. The van der Waals surface area contributed by atoms with Crippen LogP contribution in [0, 0.1) is 6.92 Å². The maximum absolute atomic E-state index is 10.8. The molecule has 1 fully saturated rings. The van der Waals surface area contributed by atoms with E-state index in [1.165, 1.54) is 0 Å². The van der Waals surface area contributed by atoms with Gasteiger partial charge in [-0.1, -0.05) is 0 Å². The molecule has 0 bridgehead atoms. The SMILES string of the molecule is Cc1nnc([C@H]2CNC(=O)C2)o1. The van der Waals surface area contributed by atoms with Crippen molar-refractivity contribution < 1.29 is 9.21 Å². The van der Waals surface area contributed by atoms with Crippen LogP contribution in [0.4, 0.5) is 0 Å². The standard InChI is InChI=1S/C7H9N3O2/c1-4-9-10-7(12-4)5-2-6(11)8-3-5/h5H,2-3H2,1H3,(H,8,11)/t5-/m1/s1. The van der Waals surface area contributed by atoms with E-state index in [0.29, 0.717) is 24.7 Å². The normalized spacial score (nSPS) is 22.8. The van der Waals surface area contributed by atoms with Gasteiger partial charge in [0.15, 0.2) is 0 Å². The van der Waals surface area contributed by atoms with E-state index in [1.807, 2.05) is 0 Å². The van der Waals surface area contributed by atoms with Crippen LogP contribution in [0.3, 0.4) is 0 Å². The molecule has 0 radical (unpaired) electrons. The van der Waals surface area contributed by atoms with Crippen LogP contribution in [-0.4, -0.2) is 22.6 Å². The zero-order valence-electron chi connectivity index (χ0n) is 6.70. The predicted octanol–water partition coefficient (Wildman–Crippen LogP) is -0.0185. The molecule has 0 aromatic carbocycles. The third-order valence-corrected chi connectivity index (χ3v) is 1.87. The first-order valence-corrected chi connectivity index (χ1v) is 3.82. The van der Waals surface area contributed by atoms with E-state index in [9.17, 15) is 4.79 Å². The molecule has 1 N–H and O–H groups in total. The summed E-state index contributed by atoms with van der Waals surface area (Å²) in [5.41, 5.74) is 0. The van der Waals surface area contributed by atoms with Crippen LogP contribution in [-0.2, 0) is 4.79 Å². The summed E-state index contributed by atoms with van der Waals surface area (Å²) in [6.45, 7) is 2.35. The van der Waals surface area contributed by atoms with E-state index < -0.39 is 0 Å². The first-order chi connectivity index (χ1) is 5.75. The second-order valence-electron chi connectivity index (χ2n) is 2.86. The van der Waals surface area contributed by atoms with Gasteiger partial charge in [0.2, 0.25) is 17.7 Å². The molecule has 1 aliphatic rings. The minimum Gasteiger partial charge on any atom is -0.425 e. The summed E-state index contributed by atoms with van der Waals surface area (Å²) in [4.78, 5) is 10.8. The van der Waals surface area contributed by atoms with E-state index >= 15 is 0 Å². The predicted molar refractivity (Wildman–Crippen MR) is 39.4 cm³/mol. The minimum atomic E-state index is 0.0517. The van der Waals surface area contributed by atoms with Gasteiger partial charge in [-0.2, -0.15) is 0 Å². The highest BCUT2D eigenvalue weighted by atomic mass is 16.4.